The van der Waals surface area contributed by atoms with E-state index in [1.807, 2.05) is 0 Å². The molecule has 4 heteroatoms. The monoisotopic (exact) mass is 384 g/mol. The van der Waals surface area contributed by atoms with E-state index >= 15 is 0 Å². The molecule has 0 saturated carbocycles. The fraction of sp³-hybridized carbons (Fsp3) is 0.320. The topological polar surface area (TPSA) is 54.5 Å². The smallest absolute Gasteiger partial charge is 0.137 e. The molecular weight excluding hydrogens is 356 g/mol. The first kappa shape index (κ1) is 19.3. The lowest BCUT2D eigenvalue weighted by molar-refractivity contribution is 0.544. The first-order valence-corrected chi connectivity index (χ1v) is 10.0. The van der Waals surface area contributed by atoms with Gasteiger partial charge in [0.1, 0.15) is 12.2 Å². The summed E-state index contributed by atoms with van der Waals surface area (Å²) >= 11 is 0. The number of aromatic nitrogens is 4. The Labute approximate surface area is 172 Å². The summed E-state index contributed by atoms with van der Waals surface area (Å²) < 4.78 is 0. The van der Waals surface area contributed by atoms with Crippen molar-refractivity contribution in [2.45, 2.75) is 51.9 Å². The molecule has 1 aliphatic rings. The van der Waals surface area contributed by atoms with E-state index in [0.29, 0.717) is 0 Å². The summed E-state index contributed by atoms with van der Waals surface area (Å²) in [6, 6.07) is 10.8. The average Bonchev–Trinajstić information content (AvgIpc) is 3.18. The highest BCUT2D eigenvalue weighted by molar-refractivity contribution is 5.78. The number of benzene rings is 1. The fourth-order valence-electron chi connectivity index (χ4n) is 3.96. The van der Waals surface area contributed by atoms with Crippen molar-refractivity contribution in [1.82, 2.24) is 20.2 Å². The van der Waals surface area contributed by atoms with Crippen molar-refractivity contribution < 1.29 is 0 Å². The highest BCUT2D eigenvalue weighted by atomic mass is 15.2. The maximum atomic E-state index is 5.15. The van der Waals surface area contributed by atoms with Gasteiger partial charge >= 0.3 is 0 Å². The van der Waals surface area contributed by atoms with Crippen LogP contribution in [0.3, 0.4) is 0 Å². The number of nitrogens with zero attached hydrogens (tertiary/aromatic N) is 3. The Bertz CT molecular complexity index is 1080. The van der Waals surface area contributed by atoms with E-state index in [1.54, 1.807) is 0 Å². The van der Waals surface area contributed by atoms with Gasteiger partial charge in [-0.2, -0.15) is 5.10 Å². The van der Waals surface area contributed by atoms with E-state index in [1.165, 1.54) is 23.0 Å². The number of allylic oxidation sites excluding steroid dienone is 2. The van der Waals surface area contributed by atoms with Crippen LogP contribution in [-0.4, -0.2) is 20.2 Å². The molecule has 0 aliphatic heterocycles. The minimum absolute atomic E-state index is 0.00909. The maximum Gasteiger partial charge on any atom is 0.137 e. The Morgan fingerprint density at radius 3 is 2.38 bits per heavy atom. The molecule has 4 rings (SSSR count). The quantitative estimate of drug-likeness (QED) is 0.622. The highest BCUT2D eigenvalue weighted by Crippen LogP contribution is 2.41. The third-order valence-electron chi connectivity index (χ3n) is 5.86. The van der Waals surface area contributed by atoms with Gasteiger partial charge in [-0.25, -0.2) is 4.98 Å². The third-order valence-corrected chi connectivity index (χ3v) is 5.86. The van der Waals surface area contributed by atoms with Crippen LogP contribution >= 0.6 is 0 Å². The molecule has 1 aromatic carbocycles. The SMILES string of the molecule is C=C(c1ccc(Cc2ncn[nH]2)cc1)c1nc2c(cc1C)C(C)(C)C=CC2(C)C. The van der Waals surface area contributed by atoms with Gasteiger partial charge < -0.3 is 0 Å². The Hall–Kier alpha value is -3.01. The molecule has 2 aromatic heterocycles. The number of nitrogens with one attached hydrogen (secondary N) is 1. The van der Waals surface area contributed by atoms with Crippen LogP contribution in [0.25, 0.3) is 5.57 Å². The van der Waals surface area contributed by atoms with Crippen molar-refractivity contribution in [3.63, 3.8) is 0 Å². The summed E-state index contributed by atoms with van der Waals surface area (Å²) in [5.74, 6) is 0.863. The summed E-state index contributed by atoms with van der Waals surface area (Å²) in [6.45, 7) is 15.5. The second-order valence-electron chi connectivity index (χ2n) is 9.11. The molecule has 1 aliphatic carbocycles. The summed E-state index contributed by atoms with van der Waals surface area (Å²) in [5.41, 5.74) is 7.73. The number of hydrogen-bond acceptors (Lipinski definition) is 3. The Morgan fingerprint density at radius 1 is 1.03 bits per heavy atom. The van der Waals surface area contributed by atoms with Crippen LogP contribution in [0.4, 0.5) is 0 Å². The molecule has 0 saturated heterocycles. The molecule has 0 fully saturated rings. The summed E-state index contributed by atoms with van der Waals surface area (Å²) in [5, 5.41) is 6.81. The zero-order valence-electron chi connectivity index (χ0n) is 17.9. The lowest BCUT2D eigenvalue weighted by Gasteiger charge is -2.36. The predicted molar refractivity (Wildman–Crippen MR) is 118 cm³/mol. The molecule has 3 aromatic rings. The molecule has 0 atom stereocenters. The largest absolute Gasteiger partial charge is 0.263 e. The molecule has 148 valence electrons. The van der Waals surface area contributed by atoms with E-state index in [-0.39, 0.29) is 10.8 Å². The Morgan fingerprint density at radius 2 is 1.72 bits per heavy atom. The van der Waals surface area contributed by atoms with Crippen LogP contribution in [-0.2, 0) is 17.3 Å². The molecule has 0 bridgehead atoms. The van der Waals surface area contributed by atoms with Crippen molar-refractivity contribution in [1.29, 1.82) is 0 Å². The van der Waals surface area contributed by atoms with E-state index < -0.39 is 0 Å². The minimum Gasteiger partial charge on any atom is -0.263 e. The van der Waals surface area contributed by atoms with Crippen molar-refractivity contribution in [3.8, 4) is 0 Å². The molecule has 0 amide bonds. The minimum atomic E-state index is -0.0888. The van der Waals surface area contributed by atoms with Gasteiger partial charge in [0.2, 0.25) is 0 Å². The van der Waals surface area contributed by atoms with Gasteiger partial charge in [0.15, 0.2) is 0 Å². The van der Waals surface area contributed by atoms with Gasteiger partial charge in [-0.1, -0.05) is 76.8 Å². The number of rotatable bonds is 4. The van der Waals surface area contributed by atoms with Gasteiger partial charge in [-0.3, -0.25) is 10.1 Å². The van der Waals surface area contributed by atoms with Crippen molar-refractivity contribution in [2.75, 3.05) is 0 Å². The Kier molecular flexibility index (Phi) is 4.53. The van der Waals surface area contributed by atoms with Crippen molar-refractivity contribution in [3.05, 3.63) is 94.9 Å². The van der Waals surface area contributed by atoms with Gasteiger partial charge in [-0.05, 0) is 29.2 Å². The first-order chi connectivity index (χ1) is 13.7. The highest BCUT2D eigenvalue weighted by Gasteiger charge is 2.35. The Balaban J connectivity index is 1.68. The molecule has 0 radical (unpaired) electrons. The number of hydrogen-bond donors (Lipinski definition) is 1. The zero-order valence-corrected chi connectivity index (χ0v) is 17.9. The number of aromatic amines is 1. The van der Waals surface area contributed by atoms with Crippen molar-refractivity contribution in [2.24, 2.45) is 0 Å². The molecule has 0 unspecified atom stereocenters. The van der Waals surface area contributed by atoms with Crippen LogP contribution in [0, 0.1) is 6.92 Å². The van der Waals surface area contributed by atoms with Gasteiger partial charge in [0.25, 0.3) is 0 Å². The standard InChI is InChI=1S/C25H28N4/c1-16-13-20-23(25(5,6)12-11-24(20,3)4)28-22(16)17(2)19-9-7-18(8-10-19)14-21-26-15-27-29-21/h7-13,15H,2,14H2,1,3-6H3,(H,26,27,29). The summed E-state index contributed by atoms with van der Waals surface area (Å²) in [7, 11) is 0. The molecule has 29 heavy (non-hydrogen) atoms. The van der Waals surface area contributed by atoms with Gasteiger partial charge in [0.05, 0.1) is 11.4 Å². The van der Waals surface area contributed by atoms with Crippen LogP contribution in [0.2, 0.25) is 0 Å². The van der Waals surface area contributed by atoms with Crippen LogP contribution in [0.1, 0.15) is 67.2 Å². The van der Waals surface area contributed by atoms with Gasteiger partial charge in [-0.15, -0.1) is 0 Å². The molecule has 0 spiro atoms. The van der Waals surface area contributed by atoms with Crippen molar-refractivity contribution >= 4 is 5.57 Å². The number of fused-ring (bicyclic) bond motifs is 1. The number of pyridine rings is 1. The predicted octanol–water partition coefficient (Wildman–Crippen LogP) is 5.29. The molecular formula is C25H28N4. The van der Waals surface area contributed by atoms with E-state index in [2.05, 4.69) is 98.9 Å². The lowest BCUT2D eigenvalue weighted by Crippen LogP contribution is -2.31. The molecule has 2 heterocycles. The summed E-state index contributed by atoms with van der Waals surface area (Å²) in [4.78, 5) is 9.34. The lowest BCUT2D eigenvalue weighted by atomic mass is 9.70. The molecule has 1 N–H and O–H groups in total. The normalized spacial score (nSPS) is 16.4. The van der Waals surface area contributed by atoms with Crippen LogP contribution in [0.15, 0.2) is 55.4 Å². The van der Waals surface area contributed by atoms with E-state index in [9.17, 15) is 0 Å². The number of H-pyrrole nitrogens is 1. The number of aryl methyl sites for hydroxylation is 1. The third kappa shape index (κ3) is 3.55. The summed E-state index contributed by atoms with van der Waals surface area (Å²) in [6.07, 6.45) is 6.85. The first-order valence-electron chi connectivity index (χ1n) is 10.0. The zero-order chi connectivity index (χ0) is 20.8. The van der Waals surface area contributed by atoms with Crippen LogP contribution < -0.4 is 0 Å². The fourth-order valence-corrected chi connectivity index (χ4v) is 3.96. The maximum absolute atomic E-state index is 5.15. The second-order valence-corrected chi connectivity index (χ2v) is 9.11. The van der Waals surface area contributed by atoms with Crippen LogP contribution in [0.5, 0.6) is 0 Å². The average molecular weight is 385 g/mol. The van der Waals surface area contributed by atoms with E-state index in [0.717, 1.165) is 34.8 Å². The van der Waals surface area contributed by atoms with E-state index in [4.69, 9.17) is 4.98 Å². The molecule has 4 nitrogen and oxygen atoms in total. The van der Waals surface area contributed by atoms with Gasteiger partial charge in [0, 0.05) is 22.8 Å². The second kappa shape index (κ2) is 6.80.